The Morgan fingerprint density at radius 3 is 2.38 bits per heavy atom. The molecule has 0 saturated heterocycles. The van der Waals surface area contributed by atoms with Gasteiger partial charge in [-0.2, -0.15) is 18.3 Å². The lowest BCUT2D eigenvalue weighted by Gasteiger charge is -2.28. The summed E-state index contributed by atoms with van der Waals surface area (Å²) in [4.78, 5) is 13.8. The molecule has 1 amide bonds. The molecule has 1 aromatic heterocycles. The smallest absolute Gasteiger partial charge is 0.413 e. The maximum atomic E-state index is 13.7. The lowest BCUT2D eigenvalue weighted by atomic mass is 10.2. The zero-order valence-corrected chi connectivity index (χ0v) is 18.4. The van der Waals surface area contributed by atoms with Crippen molar-refractivity contribution >= 4 is 17.5 Å². The molecule has 0 spiro atoms. The van der Waals surface area contributed by atoms with Crippen molar-refractivity contribution in [2.45, 2.75) is 83.6 Å². The highest BCUT2D eigenvalue weighted by Crippen LogP contribution is 2.35. The van der Waals surface area contributed by atoms with Gasteiger partial charge in [-0.15, -0.1) is 4.72 Å². The van der Waals surface area contributed by atoms with E-state index in [2.05, 4.69) is 9.82 Å². The van der Waals surface area contributed by atoms with Gasteiger partial charge in [-0.1, -0.05) is 0 Å². The van der Waals surface area contributed by atoms with Crippen molar-refractivity contribution in [3.63, 3.8) is 0 Å². The molecule has 2 atom stereocenters. The van der Waals surface area contributed by atoms with Crippen molar-refractivity contribution in [2.24, 2.45) is 0 Å². The predicted molar refractivity (Wildman–Crippen MR) is 103 cm³/mol. The van der Waals surface area contributed by atoms with Gasteiger partial charge in [-0.05, 0) is 54.0 Å². The van der Waals surface area contributed by atoms with Crippen molar-refractivity contribution in [1.82, 2.24) is 19.4 Å². The number of nitrogens with one attached hydrogen (secondary N) is 1. The van der Waals surface area contributed by atoms with Crippen molar-refractivity contribution < 1.29 is 27.3 Å². The molecule has 0 aromatic carbocycles. The molecule has 2 unspecified atom stereocenters. The standard InChI is InChI=1S/C18H29F3N4O3S/c1-16(2,3)28-15(26)24-8-7-9-25-12(11-24)10-13(22-25)14(18(19,20)21)23-29(27)17(4,5)6/h10,14,23H,7-9,11H2,1-6H3. The van der Waals surface area contributed by atoms with Gasteiger partial charge in [-0.3, -0.25) is 4.68 Å². The fraction of sp³-hybridized carbons (Fsp3) is 0.778. The first-order valence-electron chi connectivity index (χ1n) is 9.37. The third kappa shape index (κ3) is 6.51. The van der Waals surface area contributed by atoms with Crippen LogP contribution in [0.2, 0.25) is 0 Å². The minimum atomic E-state index is -4.67. The zero-order valence-electron chi connectivity index (χ0n) is 17.6. The molecule has 1 aliphatic heterocycles. The number of hydrogen-bond acceptors (Lipinski definition) is 5. The van der Waals surface area contributed by atoms with Gasteiger partial charge in [0.05, 0.1) is 17.9 Å². The quantitative estimate of drug-likeness (QED) is 0.728. The summed E-state index contributed by atoms with van der Waals surface area (Å²) >= 11 is -1.93. The van der Waals surface area contributed by atoms with Crippen LogP contribution in [0.4, 0.5) is 18.0 Å². The molecule has 1 aliphatic rings. The summed E-state index contributed by atoms with van der Waals surface area (Å²) in [6, 6.07) is -0.856. The van der Waals surface area contributed by atoms with E-state index in [1.54, 1.807) is 41.5 Å². The van der Waals surface area contributed by atoms with Gasteiger partial charge in [0.1, 0.15) is 10.3 Å². The number of halogens is 3. The molecule has 0 bridgehead atoms. The van der Waals surface area contributed by atoms with Gasteiger partial charge >= 0.3 is 12.3 Å². The number of hydrogen-bond donors (Lipinski definition) is 1. The van der Waals surface area contributed by atoms with E-state index in [9.17, 15) is 22.5 Å². The van der Waals surface area contributed by atoms with E-state index in [0.717, 1.165) is 0 Å². The van der Waals surface area contributed by atoms with Crippen LogP contribution in [-0.4, -0.2) is 48.4 Å². The molecule has 166 valence electrons. The molecular formula is C18H29F3N4O3S. The van der Waals surface area contributed by atoms with Crippen molar-refractivity contribution in [2.75, 3.05) is 6.54 Å². The molecule has 1 N–H and O–H groups in total. The first-order valence-corrected chi connectivity index (χ1v) is 10.5. The molecule has 0 radical (unpaired) electrons. The second kappa shape index (κ2) is 8.35. The number of amides is 1. The first kappa shape index (κ1) is 23.8. The predicted octanol–water partition coefficient (Wildman–Crippen LogP) is 3.68. The van der Waals surface area contributed by atoms with Crippen LogP contribution >= 0.6 is 0 Å². The van der Waals surface area contributed by atoms with Crippen LogP contribution in [0.25, 0.3) is 0 Å². The van der Waals surface area contributed by atoms with Crippen LogP contribution in [0.15, 0.2) is 6.07 Å². The second-order valence-corrected chi connectivity index (χ2v) is 11.0. The lowest BCUT2D eigenvalue weighted by Crippen LogP contribution is -2.45. The Labute approximate surface area is 172 Å². The number of fused-ring (bicyclic) bond motifs is 1. The summed E-state index contributed by atoms with van der Waals surface area (Å²) in [7, 11) is 0. The largest absolute Gasteiger partial charge is 0.598 e. The number of aryl methyl sites for hydroxylation is 1. The fourth-order valence-electron chi connectivity index (χ4n) is 2.69. The Bertz CT molecular complexity index is 725. The highest BCUT2D eigenvalue weighted by molar-refractivity contribution is 7.90. The van der Waals surface area contributed by atoms with Crippen LogP contribution in [0.1, 0.15) is 65.4 Å². The Morgan fingerprint density at radius 2 is 1.86 bits per heavy atom. The highest BCUT2D eigenvalue weighted by atomic mass is 32.2. The number of ether oxygens (including phenoxy) is 1. The van der Waals surface area contributed by atoms with Crippen LogP contribution in [0.5, 0.6) is 0 Å². The van der Waals surface area contributed by atoms with E-state index in [1.165, 1.54) is 15.6 Å². The molecule has 2 heterocycles. The average molecular weight is 439 g/mol. The molecule has 29 heavy (non-hydrogen) atoms. The average Bonchev–Trinajstić information content (AvgIpc) is 2.79. The van der Waals surface area contributed by atoms with Gasteiger partial charge in [0.25, 0.3) is 0 Å². The molecule has 0 fully saturated rings. The van der Waals surface area contributed by atoms with E-state index in [1.807, 2.05) is 0 Å². The topological polar surface area (TPSA) is 82.5 Å². The Hall–Kier alpha value is -1.46. The van der Waals surface area contributed by atoms with Crippen LogP contribution in [0.3, 0.4) is 0 Å². The minimum absolute atomic E-state index is 0.0921. The van der Waals surface area contributed by atoms with Crippen LogP contribution in [-0.2, 0) is 29.2 Å². The van der Waals surface area contributed by atoms with Crippen molar-refractivity contribution in [3.8, 4) is 0 Å². The Balaban J connectivity index is 2.26. The van der Waals surface area contributed by atoms with E-state index >= 15 is 0 Å². The number of rotatable bonds is 3. The van der Waals surface area contributed by atoms with Crippen LogP contribution < -0.4 is 4.72 Å². The first-order chi connectivity index (χ1) is 13.1. The summed E-state index contributed by atoms with van der Waals surface area (Å²) in [5.41, 5.74) is -0.464. The molecule has 1 aromatic rings. The molecular weight excluding hydrogens is 409 g/mol. The zero-order chi connectivity index (χ0) is 22.2. The summed E-state index contributed by atoms with van der Waals surface area (Å²) in [5.74, 6) is 0. The normalized spacial score (nSPS) is 18.1. The summed E-state index contributed by atoms with van der Waals surface area (Å²) < 4.78 is 61.4. The molecule has 0 saturated carbocycles. The van der Waals surface area contributed by atoms with Gasteiger partial charge < -0.3 is 14.2 Å². The summed E-state index contributed by atoms with van der Waals surface area (Å²) in [6.07, 6.45) is -4.66. The minimum Gasteiger partial charge on any atom is -0.598 e. The van der Waals surface area contributed by atoms with Crippen LogP contribution in [0, 0.1) is 0 Å². The maximum absolute atomic E-state index is 13.7. The van der Waals surface area contributed by atoms with Crippen molar-refractivity contribution in [1.29, 1.82) is 0 Å². The van der Waals surface area contributed by atoms with E-state index in [0.29, 0.717) is 25.2 Å². The fourth-order valence-corrected chi connectivity index (χ4v) is 3.51. The van der Waals surface area contributed by atoms with E-state index < -0.39 is 40.0 Å². The SMILES string of the molecule is CC(C)(C)OC(=O)N1CCCn2nc(C(N[S+]([O-])C(C)(C)C)C(F)(F)F)cc2C1. The number of carbonyl (C=O) groups excluding carboxylic acids is 1. The van der Waals surface area contributed by atoms with E-state index in [-0.39, 0.29) is 12.2 Å². The van der Waals surface area contributed by atoms with E-state index in [4.69, 9.17) is 4.74 Å². The third-order valence-electron chi connectivity index (χ3n) is 4.09. The summed E-state index contributed by atoms with van der Waals surface area (Å²) in [6.45, 7) is 10.9. The number of nitrogens with zero attached hydrogens (tertiary/aromatic N) is 3. The monoisotopic (exact) mass is 438 g/mol. The number of aromatic nitrogens is 2. The third-order valence-corrected chi connectivity index (χ3v) is 5.65. The number of alkyl halides is 3. The number of carbonyl (C=O) groups is 1. The molecule has 0 aliphatic carbocycles. The van der Waals surface area contributed by atoms with Crippen molar-refractivity contribution in [3.05, 3.63) is 17.5 Å². The highest BCUT2D eigenvalue weighted by Gasteiger charge is 2.47. The molecule has 11 heteroatoms. The van der Waals surface area contributed by atoms with Gasteiger partial charge in [-0.25, -0.2) is 4.79 Å². The van der Waals surface area contributed by atoms with Gasteiger partial charge in [0, 0.05) is 24.5 Å². The Kier molecular flexibility index (Phi) is 6.86. The molecule has 2 rings (SSSR count). The summed E-state index contributed by atoms with van der Waals surface area (Å²) in [5, 5.41) is 4.10. The van der Waals surface area contributed by atoms with Gasteiger partial charge in [0.2, 0.25) is 0 Å². The lowest BCUT2D eigenvalue weighted by molar-refractivity contribution is -0.154. The maximum Gasteiger partial charge on any atom is 0.413 e. The second-order valence-electron chi connectivity index (χ2n) is 9.01. The van der Waals surface area contributed by atoms with Gasteiger partial charge in [0.15, 0.2) is 6.04 Å². The molecule has 7 nitrogen and oxygen atoms in total. The Morgan fingerprint density at radius 1 is 1.24 bits per heavy atom.